The first kappa shape index (κ1) is 17.1. The SMILES string of the molecule is CSNC(=O)N/N=C/C1CCCCN1Cc1ccc(Cl)cc1. The van der Waals surface area contributed by atoms with Crippen molar-refractivity contribution >= 4 is 35.8 Å². The highest BCUT2D eigenvalue weighted by Gasteiger charge is 2.20. The van der Waals surface area contributed by atoms with Crippen molar-refractivity contribution < 1.29 is 4.79 Å². The minimum absolute atomic E-state index is 0.249. The van der Waals surface area contributed by atoms with E-state index in [1.807, 2.05) is 18.3 Å². The van der Waals surface area contributed by atoms with Gasteiger partial charge in [0, 0.05) is 30.1 Å². The fourth-order valence-electron chi connectivity index (χ4n) is 2.50. The van der Waals surface area contributed by atoms with Crippen molar-refractivity contribution in [2.45, 2.75) is 31.8 Å². The molecule has 1 aromatic rings. The van der Waals surface area contributed by atoms with Gasteiger partial charge >= 0.3 is 6.03 Å². The van der Waals surface area contributed by atoms with E-state index in [2.05, 4.69) is 32.3 Å². The van der Waals surface area contributed by atoms with Gasteiger partial charge in [-0.05, 0) is 37.1 Å². The topological polar surface area (TPSA) is 56.7 Å². The van der Waals surface area contributed by atoms with E-state index in [1.54, 1.807) is 6.26 Å². The summed E-state index contributed by atoms with van der Waals surface area (Å²) in [5.74, 6) is 0. The summed E-state index contributed by atoms with van der Waals surface area (Å²) >= 11 is 7.17. The standard InChI is InChI=1S/C15H21ClN4OS/c1-22-19-15(21)18-17-10-14-4-2-3-9-20(14)11-12-5-7-13(16)8-6-12/h5-8,10,14H,2-4,9,11H2,1H3,(H2,18,19,21)/b17-10+. The largest absolute Gasteiger partial charge is 0.345 e. The number of hydrogen-bond acceptors (Lipinski definition) is 4. The van der Waals surface area contributed by atoms with Crippen LogP contribution >= 0.6 is 23.5 Å². The van der Waals surface area contributed by atoms with Gasteiger partial charge in [-0.1, -0.05) is 42.1 Å². The Bertz CT molecular complexity index is 509. The number of rotatable bonds is 5. The summed E-state index contributed by atoms with van der Waals surface area (Å²) in [6.07, 6.45) is 7.05. The fourth-order valence-corrected chi connectivity index (χ4v) is 2.86. The van der Waals surface area contributed by atoms with Gasteiger partial charge in [-0.15, -0.1) is 0 Å². The molecule has 2 N–H and O–H groups in total. The number of carbonyl (C=O) groups is 1. The Labute approximate surface area is 140 Å². The number of carbonyl (C=O) groups excluding carboxylic acids is 1. The van der Waals surface area contributed by atoms with Gasteiger partial charge < -0.3 is 0 Å². The summed E-state index contributed by atoms with van der Waals surface area (Å²) < 4.78 is 2.57. The van der Waals surface area contributed by atoms with Crippen LogP contribution in [0.5, 0.6) is 0 Å². The fraction of sp³-hybridized carbons (Fsp3) is 0.467. The summed E-state index contributed by atoms with van der Waals surface area (Å²) in [5.41, 5.74) is 3.71. The van der Waals surface area contributed by atoms with Crippen LogP contribution < -0.4 is 10.1 Å². The molecular formula is C15H21ClN4OS. The number of nitrogens with one attached hydrogen (secondary N) is 2. The molecule has 0 aliphatic carbocycles. The second-order valence-corrected chi connectivity index (χ2v) is 6.23. The molecule has 0 aromatic heterocycles. The van der Waals surface area contributed by atoms with Crippen molar-refractivity contribution in [3.63, 3.8) is 0 Å². The molecular weight excluding hydrogens is 320 g/mol. The molecule has 1 heterocycles. The van der Waals surface area contributed by atoms with Crippen molar-refractivity contribution in [2.75, 3.05) is 12.8 Å². The lowest BCUT2D eigenvalue weighted by Gasteiger charge is -2.33. The van der Waals surface area contributed by atoms with Gasteiger partial charge in [0.1, 0.15) is 0 Å². The normalized spacial score (nSPS) is 19.3. The Kier molecular flexibility index (Phi) is 7.02. The molecule has 1 saturated heterocycles. The van der Waals surface area contributed by atoms with E-state index in [0.717, 1.165) is 24.5 Å². The Morgan fingerprint density at radius 2 is 2.23 bits per heavy atom. The first-order chi connectivity index (χ1) is 10.7. The lowest BCUT2D eigenvalue weighted by atomic mass is 10.0. The molecule has 0 radical (unpaired) electrons. The van der Waals surface area contributed by atoms with E-state index in [4.69, 9.17) is 11.6 Å². The van der Waals surface area contributed by atoms with Gasteiger partial charge in [0.15, 0.2) is 0 Å². The number of piperidine rings is 1. The number of likely N-dealkylation sites (tertiary alicyclic amines) is 1. The molecule has 1 aliphatic rings. The Balaban J connectivity index is 1.91. The molecule has 1 unspecified atom stereocenters. The van der Waals surface area contributed by atoms with Crippen LogP contribution in [-0.4, -0.2) is 36.0 Å². The molecule has 0 bridgehead atoms. The molecule has 120 valence electrons. The van der Waals surface area contributed by atoms with Crippen LogP contribution in [0.4, 0.5) is 4.79 Å². The minimum Gasteiger partial charge on any atom is -0.291 e. The molecule has 2 amide bonds. The quantitative estimate of drug-likeness (QED) is 0.491. The molecule has 0 saturated carbocycles. The van der Waals surface area contributed by atoms with Gasteiger partial charge in [-0.3, -0.25) is 9.62 Å². The average molecular weight is 341 g/mol. The third-order valence-corrected chi connectivity index (χ3v) is 4.21. The van der Waals surface area contributed by atoms with Crippen molar-refractivity contribution in [1.29, 1.82) is 0 Å². The van der Waals surface area contributed by atoms with Gasteiger partial charge in [0.25, 0.3) is 0 Å². The third-order valence-electron chi connectivity index (χ3n) is 3.57. The van der Waals surface area contributed by atoms with Crippen LogP contribution in [0.3, 0.4) is 0 Å². The Hall–Kier alpha value is -1.24. The van der Waals surface area contributed by atoms with Crippen LogP contribution in [-0.2, 0) is 6.54 Å². The Morgan fingerprint density at radius 3 is 2.95 bits per heavy atom. The van der Waals surface area contributed by atoms with E-state index in [-0.39, 0.29) is 12.1 Å². The predicted molar refractivity (Wildman–Crippen MR) is 93.2 cm³/mol. The highest BCUT2D eigenvalue weighted by atomic mass is 35.5. The number of amides is 2. The zero-order chi connectivity index (χ0) is 15.8. The van der Waals surface area contributed by atoms with Gasteiger partial charge in [-0.2, -0.15) is 5.10 Å². The maximum atomic E-state index is 11.3. The van der Waals surface area contributed by atoms with Gasteiger partial charge in [0.2, 0.25) is 0 Å². The lowest BCUT2D eigenvalue weighted by Crippen LogP contribution is -2.40. The van der Waals surface area contributed by atoms with E-state index in [1.165, 1.54) is 30.4 Å². The highest BCUT2D eigenvalue weighted by molar-refractivity contribution is 7.97. The zero-order valence-corrected chi connectivity index (χ0v) is 14.2. The maximum absolute atomic E-state index is 11.3. The molecule has 0 spiro atoms. The van der Waals surface area contributed by atoms with Crippen LogP contribution in [0.1, 0.15) is 24.8 Å². The molecule has 5 nitrogen and oxygen atoms in total. The monoisotopic (exact) mass is 340 g/mol. The summed E-state index contributed by atoms with van der Waals surface area (Å²) in [6, 6.07) is 7.88. The van der Waals surface area contributed by atoms with Crippen LogP contribution in [0.15, 0.2) is 29.4 Å². The summed E-state index contributed by atoms with van der Waals surface area (Å²) in [6.45, 7) is 1.90. The van der Waals surface area contributed by atoms with E-state index < -0.39 is 0 Å². The highest BCUT2D eigenvalue weighted by Crippen LogP contribution is 2.19. The molecule has 2 rings (SSSR count). The summed E-state index contributed by atoms with van der Waals surface area (Å²) in [7, 11) is 0. The smallest absolute Gasteiger partial charge is 0.291 e. The van der Waals surface area contributed by atoms with Crippen LogP contribution in [0.2, 0.25) is 5.02 Å². The van der Waals surface area contributed by atoms with Crippen LogP contribution in [0.25, 0.3) is 0 Å². The number of halogens is 1. The minimum atomic E-state index is -0.302. The zero-order valence-electron chi connectivity index (χ0n) is 12.6. The maximum Gasteiger partial charge on any atom is 0.345 e. The predicted octanol–water partition coefficient (Wildman–Crippen LogP) is 3.26. The molecule has 1 aromatic carbocycles. The van der Waals surface area contributed by atoms with E-state index in [9.17, 15) is 4.79 Å². The van der Waals surface area contributed by atoms with E-state index >= 15 is 0 Å². The lowest BCUT2D eigenvalue weighted by molar-refractivity contribution is 0.186. The first-order valence-corrected chi connectivity index (χ1v) is 8.90. The molecule has 1 atom stereocenters. The molecule has 7 heteroatoms. The summed E-state index contributed by atoms with van der Waals surface area (Å²) in [4.78, 5) is 13.7. The Morgan fingerprint density at radius 1 is 1.45 bits per heavy atom. The van der Waals surface area contributed by atoms with E-state index in [0.29, 0.717) is 0 Å². The second-order valence-electron chi connectivity index (χ2n) is 5.19. The molecule has 1 fully saturated rings. The average Bonchev–Trinajstić information content (AvgIpc) is 2.51. The number of benzene rings is 1. The van der Waals surface area contributed by atoms with Gasteiger partial charge in [0.05, 0.1) is 0 Å². The molecule has 1 aliphatic heterocycles. The van der Waals surface area contributed by atoms with Crippen molar-refractivity contribution in [3.05, 3.63) is 34.9 Å². The summed E-state index contributed by atoms with van der Waals surface area (Å²) in [5, 5.41) is 4.81. The first-order valence-electron chi connectivity index (χ1n) is 7.29. The second kappa shape index (κ2) is 9.02. The van der Waals surface area contributed by atoms with Crippen molar-refractivity contribution in [2.24, 2.45) is 5.10 Å². The number of urea groups is 1. The number of hydrogen-bond donors (Lipinski definition) is 2. The van der Waals surface area contributed by atoms with Crippen LogP contribution in [0, 0.1) is 0 Å². The third kappa shape index (κ3) is 5.51. The number of nitrogens with zero attached hydrogens (tertiary/aromatic N) is 2. The van der Waals surface area contributed by atoms with Gasteiger partial charge in [-0.25, -0.2) is 10.2 Å². The molecule has 22 heavy (non-hydrogen) atoms. The van der Waals surface area contributed by atoms with Crippen molar-refractivity contribution in [3.8, 4) is 0 Å². The van der Waals surface area contributed by atoms with Crippen molar-refractivity contribution in [1.82, 2.24) is 15.0 Å². The number of hydrazone groups is 1.